The van der Waals surface area contributed by atoms with Gasteiger partial charge in [0.25, 0.3) is 0 Å². The number of phenols is 1. The summed E-state index contributed by atoms with van der Waals surface area (Å²) in [6.07, 6.45) is 1.34. The lowest BCUT2D eigenvalue weighted by Gasteiger charge is -2.33. The van der Waals surface area contributed by atoms with Gasteiger partial charge < -0.3 is 15.3 Å². The first-order chi connectivity index (χ1) is 14.0. The highest BCUT2D eigenvalue weighted by Crippen LogP contribution is 2.32. The van der Waals surface area contributed by atoms with Crippen LogP contribution in [0, 0.1) is 17.2 Å². The van der Waals surface area contributed by atoms with E-state index in [2.05, 4.69) is 21.3 Å². The molecule has 3 aromatic rings. The number of nitrogens with zero attached hydrogens (tertiary/aromatic N) is 3. The van der Waals surface area contributed by atoms with Crippen LogP contribution in [-0.4, -0.2) is 29.1 Å². The second-order valence-corrected chi connectivity index (χ2v) is 7.50. The van der Waals surface area contributed by atoms with Gasteiger partial charge in [-0.2, -0.15) is 5.26 Å². The maximum atomic E-state index is 12.7. The molecule has 2 heterocycles. The third kappa shape index (κ3) is 3.96. The molecular weight excluding hydrogens is 388 g/mol. The lowest BCUT2D eigenvalue weighted by molar-refractivity contribution is -0.120. The molecule has 6 nitrogen and oxygen atoms in total. The first-order valence-corrected chi connectivity index (χ1v) is 9.77. The summed E-state index contributed by atoms with van der Waals surface area (Å²) >= 11 is 5.95. The summed E-state index contributed by atoms with van der Waals surface area (Å²) in [6, 6.07) is 16.3. The maximum Gasteiger partial charge on any atom is 0.227 e. The van der Waals surface area contributed by atoms with Gasteiger partial charge in [-0.15, -0.1) is 0 Å². The van der Waals surface area contributed by atoms with E-state index in [1.54, 1.807) is 6.07 Å². The number of fused-ring (bicyclic) bond motifs is 1. The number of hydrogen-bond acceptors (Lipinski definition) is 5. The van der Waals surface area contributed by atoms with Gasteiger partial charge in [-0.3, -0.25) is 4.79 Å². The van der Waals surface area contributed by atoms with Gasteiger partial charge in [0.15, 0.2) is 0 Å². The van der Waals surface area contributed by atoms with Gasteiger partial charge in [-0.1, -0.05) is 29.8 Å². The fourth-order valence-corrected chi connectivity index (χ4v) is 3.87. The molecule has 1 aliphatic heterocycles. The van der Waals surface area contributed by atoms with Gasteiger partial charge in [0.2, 0.25) is 5.91 Å². The number of amides is 1. The van der Waals surface area contributed by atoms with Crippen molar-refractivity contribution < 1.29 is 9.90 Å². The van der Waals surface area contributed by atoms with Gasteiger partial charge in [0.1, 0.15) is 17.5 Å². The Kier molecular flexibility index (Phi) is 5.24. The molecule has 0 atom stereocenters. The molecule has 1 amide bonds. The fraction of sp³-hybridized carbons (Fsp3) is 0.227. The number of aromatic hydroxyl groups is 1. The number of rotatable bonds is 3. The summed E-state index contributed by atoms with van der Waals surface area (Å²) in [5.41, 5.74) is 2.47. The molecule has 1 aliphatic rings. The van der Waals surface area contributed by atoms with Crippen molar-refractivity contribution in [3.05, 3.63) is 59.2 Å². The SMILES string of the molecule is N#Cc1cc(N2CCC(C(=O)Nc3cc(Cl)ccc3O)CC2)c2ccccc2n1. The lowest BCUT2D eigenvalue weighted by atomic mass is 9.95. The molecule has 0 unspecified atom stereocenters. The van der Waals surface area contributed by atoms with Gasteiger partial charge in [0, 0.05) is 35.1 Å². The Bertz CT molecular complexity index is 1120. The first-order valence-electron chi connectivity index (χ1n) is 9.39. The number of aromatic nitrogens is 1. The van der Waals surface area contributed by atoms with Gasteiger partial charge >= 0.3 is 0 Å². The summed E-state index contributed by atoms with van der Waals surface area (Å²) in [7, 11) is 0. The molecule has 2 N–H and O–H groups in total. The Morgan fingerprint density at radius 1 is 1.21 bits per heavy atom. The molecule has 1 saturated heterocycles. The predicted molar refractivity (Wildman–Crippen MR) is 113 cm³/mol. The quantitative estimate of drug-likeness (QED) is 0.632. The minimum Gasteiger partial charge on any atom is -0.506 e. The Balaban J connectivity index is 1.49. The van der Waals surface area contributed by atoms with E-state index in [1.165, 1.54) is 12.1 Å². The van der Waals surface area contributed by atoms with Crippen LogP contribution in [0.25, 0.3) is 10.9 Å². The van der Waals surface area contributed by atoms with Crippen molar-refractivity contribution in [3.63, 3.8) is 0 Å². The number of carbonyl (C=O) groups excluding carboxylic acids is 1. The van der Waals surface area contributed by atoms with Crippen molar-refractivity contribution in [1.82, 2.24) is 4.98 Å². The second-order valence-electron chi connectivity index (χ2n) is 7.07. The third-order valence-corrected chi connectivity index (χ3v) is 5.47. The Labute approximate surface area is 173 Å². The van der Waals surface area contributed by atoms with Crippen LogP contribution < -0.4 is 10.2 Å². The summed E-state index contributed by atoms with van der Waals surface area (Å²) in [5, 5.41) is 23.4. The largest absolute Gasteiger partial charge is 0.506 e. The lowest BCUT2D eigenvalue weighted by Crippen LogP contribution is -2.38. The van der Waals surface area contributed by atoms with Crippen LogP contribution in [0.2, 0.25) is 5.02 Å². The zero-order valence-electron chi connectivity index (χ0n) is 15.6. The second kappa shape index (κ2) is 7.98. The minimum absolute atomic E-state index is 0.00697. The van der Waals surface area contributed by atoms with Crippen molar-refractivity contribution in [2.24, 2.45) is 5.92 Å². The van der Waals surface area contributed by atoms with Crippen molar-refractivity contribution >= 4 is 39.8 Å². The van der Waals surface area contributed by atoms with Crippen LogP contribution in [0.15, 0.2) is 48.5 Å². The Morgan fingerprint density at radius 3 is 2.72 bits per heavy atom. The van der Waals surface area contributed by atoms with Crippen molar-refractivity contribution in [3.8, 4) is 11.8 Å². The van der Waals surface area contributed by atoms with Crippen LogP contribution in [0.3, 0.4) is 0 Å². The van der Waals surface area contributed by atoms with Crippen molar-refractivity contribution in [2.75, 3.05) is 23.3 Å². The summed E-state index contributed by atoms with van der Waals surface area (Å²) < 4.78 is 0. The highest BCUT2D eigenvalue weighted by molar-refractivity contribution is 6.31. The minimum atomic E-state index is -0.159. The Hall–Kier alpha value is -3.30. The van der Waals surface area contributed by atoms with Crippen molar-refractivity contribution in [2.45, 2.75) is 12.8 Å². The Morgan fingerprint density at radius 2 is 1.97 bits per heavy atom. The topological polar surface area (TPSA) is 89.2 Å². The number of pyridine rings is 1. The molecule has 0 saturated carbocycles. The smallest absolute Gasteiger partial charge is 0.227 e. The maximum absolute atomic E-state index is 12.7. The number of anilines is 2. The highest BCUT2D eigenvalue weighted by atomic mass is 35.5. The number of hydrogen-bond donors (Lipinski definition) is 2. The van der Waals surface area contributed by atoms with E-state index in [0.717, 1.165) is 16.6 Å². The zero-order chi connectivity index (χ0) is 20.4. The third-order valence-electron chi connectivity index (χ3n) is 5.23. The van der Waals surface area contributed by atoms with Gasteiger partial charge in [-0.05, 0) is 43.2 Å². The molecule has 0 spiro atoms. The molecule has 2 aromatic carbocycles. The molecular formula is C22H19ClN4O2. The molecule has 1 aromatic heterocycles. The van der Waals surface area contributed by atoms with E-state index in [-0.39, 0.29) is 17.6 Å². The van der Waals surface area contributed by atoms with Gasteiger partial charge in [0.05, 0.1) is 11.2 Å². The number of para-hydroxylation sites is 1. The van der Waals surface area contributed by atoms with Crippen LogP contribution in [0.5, 0.6) is 5.75 Å². The number of phenolic OH excluding ortho intramolecular Hbond substituents is 1. The van der Waals surface area contributed by atoms with E-state index in [9.17, 15) is 15.2 Å². The van der Waals surface area contributed by atoms with Crippen LogP contribution in [-0.2, 0) is 4.79 Å². The predicted octanol–water partition coefficient (Wildman–Crippen LogP) is 4.32. The number of nitriles is 1. The van der Waals surface area contributed by atoms with Crippen molar-refractivity contribution in [1.29, 1.82) is 5.26 Å². The van der Waals surface area contributed by atoms with E-state index in [1.807, 2.05) is 30.3 Å². The number of carbonyl (C=O) groups is 1. The molecule has 7 heteroatoms. The van der Waals surface area contributed by atoms with E-state index in [0.29, 0.717) is 42.3 Å². The van der Waals surface area contributed by atoms with E-state index < -0.39 is 0 Å². The molecule has 0 radical (unpaired) electrons. The summed E-state index contributed by atoms with van der Waals surface area (Å²) in [6.45, 7) is 1.39. The van der Waals surface area contributed by atoms with E-state index >= 15 is 0 Å². The molecule has 0 aliphatic carbocycles. The average molecular weight is 407 g/mol. The average Bonchev–Trinajstić information content (AvgIpc) is 2.75. The number of benzene rings is 2. The van der Waals surface area contributed by atoms with Crippen LogP contribution >= 0.6 is 11.6 Å². The number of nitrogens with one attached hydrogen (secondary N) is 1. The number of piperidine rings is 1. The monoisotopic (exact) mass is 406 g/mol. The summed E-state index contributed by atoms with van der Waals surface area (Å²) in [5.74, 6) is -0.292. The van der Waals surface area contributed by atoms with Crippen LogP contribution in [0.4, 0.5) is 11.4 Å². The molecule has 4 rings (SSSR count). The zero-order valence-corrected chi connectivity index (χ0v) is 16.4. The van der Waals surface area contributed by atoms with Gasteiger partial charge in [-0.25, -0.2) is 4.98 Å². The molecule has 1 fully saturated rings. The first kappa shape index (κ1) is 19.0. The van der Waals surface area contributed by atoms with Crippen LogP contribution in [0.1, 0.15) is 18.5 Å². The highest BCUT2D eigenvalue weighted by Gasteiger charge is 2.26. The standard InChI is InChI=1S/C22H19ClN4O2/c23-15-5-6-21(28)19(11-15)26-22(29)14-7-9-27(10-8-14)20-12-16(13-24)25-18-4-2-1-3-17(18)20/h1-6,11-12,14,28H,7-10H2,(H,26,29). The molecule has 146 valence electrons. The molecule has 29 heavy (non-hydrogen) atoms. The summed E-state index contributed by atoms with van der Waals surface area (Å²) in [4.78, 5) is 19.2. The normalized spacial score (nSPS) is 14.6. The van der Waals surface area contributed by atoms with E-state index in [4.69, 9.17) is 11.6 Å². The number of halogens is 1. The molecule has 0 bridgehead atoms. The fourth-order valence-electron chi connectivity index (χ4n) is 3.70.